The van der Waals surface area contributed by atoms with E-state index >= 15 is 0 Å². The third-order valence-electron chi connectivity index (χ3n) is 5.53. The van der Waals surface area contributed by atoms with E-state index in [1.807, 2.05) is 12.1 Å². The van der Waals surface area contributed by atoms with Gasteiger partial charge < -0.3 is 16.0 Å². The van der Waals surface area contributed by atoms with Crippen molar-refractivity contribution in [3.8, 4) is 0 Å². The summed E-state index contributed by atoms with van der Waals surface area (Å²) in [6, 6.07) is 13.0. The average Bonchev–Trinajstić information content (AvgIpc) is 2.65. The summed E-state index contributed by atoms with van der Waals surface area (Å²) < 4.78 is 12.9. The van der Waals surface area contributed by atoms with Crippen LogP contribution in [-0.2, 0) is 17.9 Å². The second-order valence-corrected chi connectivity index (χ2v) is 8.02. The SMILES string of the molecule is CC(C)C1CC(C(=O)NCc2ccc(NC(=O)NCc3ccc(F)cc3)cc2)C1. The van der Waals surface area contributed by atoms with Gasteiger partial charge in [-0.05, 0) is 60.1 Å². The Kier molecular flexibility index (Phi) is 6.86. The van der Waals surface area contributed by atoms with Gasteiger partial charge in [0, 0.05) is 24.7 Å². The van der Waals surface area contributed by atoms with Gasteiger partial charge in [-0.3, -0.25) is 4.79 Å². The van der Waals surface area contributed by atoms with Gasteiger partial charge in [0.25, 0.3) is 0 Å². The van der Waals surface area contributed by atoms with Crippen LogP contribution in [0.1, 0.15) is 37.8 Å². The lowest BCUT2D eigenvalue weighted by molar-refractivity contribution is -0.129. The molecule has 0 heterocycles. The molecule has 2 aromatic carbocycles. The lowest BCUT2D eigenvalue weighted by Gasteiger charge is -2.36. The first-order chi connectivity index (χ1) is 13.9. The molecular formula is C23H28FN3O2. The maximum absolute atomic E-state index is 12.9. The lowest BCUT2D eigenvalue weighted by Crippen LogP contribution is -2.40. The van der Waals surface area contributed by atoms with Gasteiger partial charge in [0.05, 0.1) is 0 Å². The Balaban J connectivity index is 1.38. The van der Waals surface area contributed by atoms with E-state index in [0.29, 0.717) is 30.6 Å². The van der Waals surface area contributed by atoms with Crippen LogP contribution in [0.3, 0.4) is 0 Å². The number of rotatable bonds is 7. The van der Waals surface area contributed by atoms with Crippen LogP contribution in [0.4, 0.5) is 14.9 Å². The van der Waals surface area contributed by atoms with E-state index in [9.17, 15) is 14.0 Å². The summed E-state index contributed by atoms with van der Waals surface area (Å²) in [6.45, 7) is 5.21. The van der Waals surface area contributed by atoms with E-state index in [4.69, 9.17) is 0 Å². The van der Waals surface area contributed by atoms with Gasteiger partial charge in [-0.25, -0.2) is 9.18 Å². The Hall–Kier alpha value is -2.89. The molecule has 0 atom stereocenters. The monoisotopic (exact) mass is 397 g/mol. The number of hydrogen-bond acceptors (Lipinski definition) is 2. The van der Waals surface area contributed by atoms with E-state index in [-0.39, 0.29) is 23.7 Å². The number of amides is 3. The highest BCUT2D eigenvalue weighted by molar-refractivity contribution is 5.89. The largest absolute Gasteiger partial charge is 0.352 e. The van der Waals surface area contributed by atoms with Crippen LogP contribution in [0, 0.1) is 23.6 Å². The third kappa shape index (κ3) is 6.04. The first kappa shape index (κ1) is 20.8. The molecule has 29 heavy (non-hydrogen) atoms. The Morgan fingerprint density at radius 2 is 1.48 bits per heavy atom. The van der Waals surface area contributed by atoms with Crippen LogP contribution in [0.25, 0.3) is 0 Å². The highest BCUT2D eigenvalue weighted by atomic mass is 19.1. The molecule has 0 spiro atoms. The predicted molar refractivity (Wildman–Crippen MR) is 112 cm³/mol. The minimum absolute atomic E-state index is 0.129. The molecule has 1 aliphatic rings. The van der Waals surface area contributed by atoms with Crippen LogP contribution < -0.4 is 16.0 Å². The molecule has 6 heteroatoms. The van der Waals surface area contributed by atoms with Gasteiger partial charge in [0.2, 0.25) is 5.91 Å². The molecule has 1 saturated carbocycles. The van der Waals surface area contributed by atoms with Crippen molar-refractivity contribution in [2.24, 2.45) is 17.8 Å². The van der Waals surface area contributed by atoms with E-state index in [1.165, 1.54) is 12.1 Å². The fourth-order valence-electron chi connectivity index (χ4n) is 3.42. The zero-order valence-electron chi connectivity index (χ0n) is 16.9. The Morgan fingerprint density at radius 1 is 0.931 bits per heavy atom. The summed E-state index contributed by atoms with van der Waals surface area (Å²) in [5.41, 5.74) is 2.46. The molecule has 1 aliphatic carbocycles. The number of urea groups is 1. The summed E-state index contributed by atoms with van der Waals surface area (Å²) >= 11 is 0. The van der Waals surface area contributed by atoms with Crippen LogP contribution in [0.2, 0.25) is 0 Å². The van der Waals surface area contributed by atoms with Gasteiger partial charge in [0.15, 0.2) is 0 Å². The minimum Gasteiger partial charge on any atom is -0.352 e. The summed E-state index contributed by atoms with van der Waals surface area (Å²) in [4.78, 5) is 24.2. The smallest absolute Gasteiger partial charge is 0.319 e. The normalized spacial score (nSPS) is 18.1. The van der Waals surface area contributed by atoms with Crippen molar-refractivity contribution in [1.82, 2.24) is 10.6 Å². The molecule has 2 aromatic rings. The van der Waals surface area contributed by atoms with Gasteiger partial charge in [-0.2, -0.15) is 0 Å². The highest BCUT2D eigenvalue weighted by Crippen LogP contribution is 2.38. The maximum Gasteiger partial charge on any atom is 0.319 e. The van der Waals surface area contributed by atoms with Crippen molar-refractivity contribution in [2.45, 2.75) is 39.8 Å². The molecule has 0 saturated heterocycles. The Morgan fingerprint density at radius 3 is 2.07 bits per heavy atom. The van der Waals surface area contributed by atoms with E-state index in [2.05, 4.69) is 29.8 Å². The van der Waals surface area contributed by atoms with Crippen molar-refractivity contribution in [2.75, 3.05) is 5.32 Å². The zero-order chi connectivity index (χ0) is 20.8. The second kappa shape index (κ2) is 9.54. The number of hydrogen-bond donors (Lipinski definition) is 3. The molecule has 3 amide bonds. The van der Waals surface area contributed by atoms with Crippen molar-refractivity contribution in [3.63, 3.8) is 0 Å². The number of anilines is 1. The predicted octanol–water partition coefficient (Wildman–Crippen LogP) is 4.45. The molecule has 0 bridgehead atoms. The fraction of sp³-hybridized carbons (Fsp3) is 0.391. The first-order valence-corrected chi connectivity index (χ1v) is 10.1. The van der Waals surface area contributed by atoms with Crippen LogP contribution in [0.15, 0.2) is 48.5 Å². The molecule has 1 fully saturated rings. The quantitative estimate of drug-likeness (QED) is 0.646. The summed E-state index contributed by atoms with van der Waals surface area (Å²) in [7, 11) is 0. The third-order valence-corrected chi connectivity index (χ3v) is 5.53. The van der Waals surface area contributed by atoms with Gasteiger partial charge in [-0.15, -0.1) is 0 Å². The lowest BCUT2D eigenvalue weighted by atomic mass is 9.69. The fourth-order valence-corrected chi connectivity index (χ4v) is 3.42. The first-order valence-electron chi connectivity index (χ1n) is 10.1. The minimum atomic E-state index is -0.333. The van der Waals surface area contributed by atoms with E-state index in [1.54, 1.807) is 24.3 Å². The second-order valence-electron chi connectivity index (χ2n) is 8.02. The summed E-state index contributed by atoms with van der Waals surface area (Å²) in [5, 5.41) is 8.48. The van der Waals surface area contributed by atoms with Crippen molar-refractivity contribution >= 4 is 17.6 Å². The molecule has 0 aliphatic heterocycles. The van der Waals surface area contributed by atoms with E-state index in [0.717, 1.165) is 24.0 Å². The molecule has 154 valence electrons. The van der Waals surface area contributed by atoms with Gasteiger partial charge in [0.1, 0.15) is 5.82 Å². The van der Waals surface area contributed by atoms with Crippen LogP contribution >= 0.6 is 0 Å². The summed E-state index contributed by atoms with van der Waals surface area (Å²) in [5.74, 6) is 1.29. The number of benzene rings is 2. The molecule has 3 N–H and O–H groups in total. The van der Waals surface area contributed by atoms with E-state index < -0.39 is 0 Å². The summed E-state index contributed by atoms with van der Waals surface area (Å²) in [6.07, 6.45) is 1.97. The average molecular weight is 397 g/mol. The number of carbonyl (C=O) groups excluding carboxylic acids is 2. The number of halogens is 1. The molecule has 3 rings (SSSR count). The molecule has 5 nitrogen and oxygen atoms in total. The zero-order valence-corrected chi connectivity index (χ0v) is 16.9. The topological polar surface area (TPSA) is 70.2 Å². The maximum atomic E-state index is 12.9. The van der Waals surface area contributed by atoms with Crippen LogP contribution in [0.5, 0.6) is 0 Å². The van der Waals surface area contributed by atoms with Crippen molar-refractivity contribution in [3.05, 3.63) is 65.5 Å². The highest BCUT2D eigenvalue weighted by Gasteiger charge is 2.35. The molecular weight excluding hydrogens is 369 g/mol. The standard InChI is InChI=1S/C23H28FN3O2/c1-15(2)18-11-19(12-18)22(28)25-13-17-5-9-21(10-6-17)27-23(29)26-14-16-3-7-20(24)8-4-16/h3-10,15,18-19H,11-14H2,1-2H3,(H,25,28)(H2,26,27,29). The number of nitrogens with one attached hydrogen (secondary N) is 3. The van der Waals surface area contributed by atoms with Crippen LogP contribution in [-0.4, -0.2) is 11.9 Å². The molecule has 0 radical (unpaired) electrons. The Bertz CT molecular complexity index is 828. The van der Waals surface area contributed by atoms with Gasteiger partial charge >= 0.3 is 6.03 Å². The molecule has 0 unspecified atom stereocenters. The Labute approximate surface area is 171 Å². The van der Waals surface area contributed by atoms with Crippen molar-refractivity contribution < 1.29 is 14.0 Å². The number of carbonyl (C=O) groups is 2. The van der Waals surface area contributed by atoms with Crippen molar-refractivity contribution in [1.29, 1.82) is 0 Å². The van der Waals surface area contributed by atoms with Gasteiger partial charge in [-0.1, -0.05) is 38.1 Å². The molecule has 0 aromatic heterocycles.